The zero-order valence-corrected chi connectivity index (χ0v) is 11.5. The van der Waals surface area contributed by atoms with E-state index in [0.717, 1.165) is 24.3 Å². The van der Waals surface area contributed by atoms with Crippen LogP contribution < -0.4 is 10.2 Å². The Morgan fingerprint density at radius 2 is 0.958 bits per heavy atom. The molecule has 0 unspecified atom stereocenters. The first-order valence-electron chi connectivity index (χ1n) is 6.32. The largest absolute Gasteiger partial charge is 0.872 e. The van der Waals surface area contributed by atoms with Crippen LogP contribution in [0.4, 0.5) is 11.4 Å². The summed E-state index contributed by atoms with van der Waals surface area (Å²) in [5.74, 6) is -4.47. The maximum atomic E-state index is 12.6. The topological polar surface area (TPSA) is 167 Å². The average molecular weight is 328 g/mol. The first-order chi connectivity index (χ1) is 11.3. The Balaban J connectivity index is 2.48. The second kappa shape index (κ2) is 4.84. The second-order valence-corrected chi connectivity index (χ2v) is 4.84. The van der Waals surface area contributed by atoms with Crippen LogP contribution in [-0.4, -0.2) is 21.4 Å². The van der Waals surface area contributed by atoms with Crippen molar-refractivity contribution in [1.29, 1.82) is 0 Å². The zero-order valence-electron chi connectivity index (χ0n) is 11.5. The van der Waals surface area contributed by atoms with E-state index in [0.29, 0.717) is 0 Å². The van der Waals surface area contributed by atoms with Gasteiger partial charge in [-0.1, -0.05) is 23.6 Å². The number of ketones is 2. The molecule has 1 aliphatic rings. The lowest BCUT2D eigenvalue weighted by atomic mass is 9.81. The first-order valence-corrected chi connectivity index (χ1v) is 6.32. The summed E-state index contributed by atoms with van der Waals surface area (Å²) in [4.78, 5) is 45.2. The molecule has 2 aromatic carbocycles. The van der Waals surface area contributed by atoms with Gasteiger partial charge in [-0.3, -0.25) is 29.8 Å². The van der Waals surface area contributed by atoms with Crippen LogP contribution in [0.25, 0.3) is 0 Å². The van der Waals surface area contributed by atoms with Crippen molar-refractivity contribution >= 4 is 22.9 Å². The van der Waals surface area contributed by atoms with Crippen LogP contribution in [0.3, 0.4) is 0 Å². The van der Waals surface area contributed by atoms with E-state index in [9.17, 15) is 40.0 Å². The Morgan fingerprint density at radius 3 is 1.29 bits per heavy atom. The minimum atomic E-state index is -1.27. The van der Waals surface area contributed by atoms with E-state index in [-0.39, 0.29) is 0 Å². The van der Waals surface area contributed by atoms with Crippen LogP contribution in [0.2, 0.25) is 0 Å². The number of carbonyl (C=O) groups excluding carboxylic acids is 2. The highest BCUT2D eigenvalue weighted by molar-refractivity contribution is 6.32. The fourth-order valence-electron chi connectivity index (χ4n) is 2.61. The number of hydrogen-bond acceptors (Lipinski definition) is 8. The van der Waals surface area contributed by atoms with E-state index in [1.807, 2.05) is 0 Å². The Kier molecular flexibility index (Phi) is 3.04. The first kappa shape index (κ1) is 15.1. The van der Waals surface area contributed by atoms with Gasteiger partial charge in [-0.25, -0.2) is 0 Å². The summed E-state index contributed by atoms with van der Waals surface area (Å²) in [6, 6.07) is 2.94. The van der Waals surface area contributed by atoms with Gasteiger partial charge in [0.1, 0.15) is 11.1 Å². The van der Waals surface area contributed by atoms with Gasteiger partial charge in [0.2, 0.25) is 5.78 Å². The lowest BCUT2D eigenvalue weighted by Crippen LogP contribution is -2.26. The highest BCUT2D eigenvalue weighted by atomic mass is 16.6. The van der Waals surface area contributed by atoms with Crippen molar-refractivity contribution < 1.29 is 29.6 Å². The maximum Gasteiger partial charge on any atom is 0.281 e. The summed E-state index contributed by atoms with van der Waals surface area (Å²) < 4.78 is 0. The van der Waals surface area contributed by atoms with Crippen molar-refractivity contribution in [1.82, 2.24) is 0 Å². The van der Waals surface area contributed by atoms with E-state index in [2.05, 4.69) is 0 Å². The Hall–Kier alpha value is -3.82. The Morgan fingerprint density at radius 1 is 0.625 bits per heavy atom. The molecular weight excluding hydrogens is 324 g/mol. The quantitative estimate of drug-likeness (QED) is 0.482. The number of fused-ring (bicyclic) bond motifs is 2. The van der Waals surface area contributed by atoms with Crippen LogP contribution >= 0.6 is 0 Å². The Labute approximate surface area is 131 Å². The van der Waals surface area contributed by atoms with E-state index in [4.69, 9.17) is 0 Å². The molecule has 2 aromatic rings. The van der Waals surface area contributed by atoms with Crippen molar-refractivity contribution in [2.75, 3.05) is 0 Å². The Bertz CT molecular complexity index is 904. The molecule has 0 aromatic heterocycles. The molecule has 0 amide bonds. The van der Waals surface area contributed by atoms with Crippen molar-refractivity contribution in [3.8, 4) is 11.5 Å². The molecule has 0 heterocycles. The summed E-state index contributed by atoms with van der Waals surface area (Å²) in [6.45, 7) is 0. The summed E-state index contributed by atoms with van der Waals surface area (Å²) in [5, 5.41) is 46.0. The number of hydrogen-bond donors (Lipinski definition) is 0. The standard InChI is InChI=1S/C14H6N2O8/c17-7-3-1-5(15(21)22)9-11(7)14(20)12-8(18)4-2-6(16(23)24)10(12)13(9)19/h1-4,17-18H/p-2. The number of benzene rings is 2. The summed E-state index contributed by atoms with van der Waals surface area (Å²) in [6.07, 6.45) is 0. The van der Waals surface area contributed by atoms with Gasteiger partial charge in [0, 0.05) is 23.3 Å². The molecule has 120 valence electrons. The minimum absolute atomic E-state index is 0.731. The molecule has 24 heavy (non-hydrogen) atoms. The van der Waals surface area contributed by atoms with Crippen LogP contribution in [0, 0.1) is 20.2 Å². The highest BCUT2D eigenvalue weighted by Gasteiger charge is 2.40. The maximum absolute atomic E-state index is 12.6. The van der Waals surface area contributed by atoms with Gasteiger partial charge in [0.25, 0.3) is 11.4 Å². The molecule has 0 spiro atoms. The molecule has 10 nitrogen and oxygen atoms in total. The molecular formula is C14H4N2O8-2. The van der Waals surface area contributed by atoms with Crippen molar-refractivity contribution in [3.05, 3.63) is 66.7 Å². The number of rotatable bonds is 2. The SMILES string of the molecule is O=C1c2c([O-])ccc([N+](=O)[O-])c2C(=O)c2c([N+](=O)[O-])ccc([O-])c21. The fraction of sp³-hybridized carbons (Fsp3) is 0. The van der Waals surface area contributed by atoms with Gasteiger partial charge in [-0.2, -0.15) is 0 Å². The number of nitro groups is 2. The fourth-order valence-corrected chi connectivity index (χ4v) is 2.61. The lowest BCUT2D eigenvalue weighted by molar-refractivity contribution is -0.385. The molecule has 0 aliphatic heterocycles. The lowest BCUT2D eigenvalue weighted by Gasteiger charge is -2.25. The van der Waals surface area contributed by atoms with E-state index >= 15 is 0 Å². The molecule has 0 radical (unpaired) electrons. The van der Waals surface area contributed by atoms with Crippen LogP contribution in [-0.2, 0) is 0 Å². The predicted octanol–water partition coefficient (Wildman–Crippen LogP) is 0.426. The number of nitrogens with zero attached hydrogens (tertiary/aromatic N) is 2. The molecule has 0 saturated heterocycles. The molecule has 10 heteroatoms. The van der Waals surface area contributed by atoms with Crippen molar-refractivity contribution in [2.45, 2.75) is 0 Å². The molecule has 0 bridgehead atoms. The third kappa shape index (κ3) is 1.83. The third-order valence-electron chi connectivity index (χ3n) is 3.59. The van der Waals surface area contributed by atoms with Crippen LogP contribution in [0.1, 0.15) is 31.8 Å². The normalized spacial score (nSPS) is 12.5. The predicted molar refractivity (Wildman–Crippen MR) is 71.9 cm³/mol. The van der Waals surface area contributed by atoms with Crippen molar-refractivity contribution in [3.63, 3.8) is 0 Å². The molecule has 0 N–H and O–H groups in total. The highest BCUT2D eigenvalue weighted by Crippen LogP contribution is 2.41. The van der Waals surface area contributed by atoms with Gasteiger partial charge >= 0.3 is 0 Å². The smallest absolute Gasteiger partial charge is 0.281 e. The van der Waals surface area contributed by atoms with E-state index < -0.39 is 66.5 Å². The summed E-state index contributed by atoms with van der Waals surface area (Å²) in [7, 11) is 0. The number of carbonyl (C=O) groups is 2. The summed E-state index contributed by atoms with van der Waals surface area (Å²) >= 11 is 0. The van der Waals surface area contributed by atoms with Gasteiger partial charge in [0.05, 0.1) is 9.85 Å². The monoisotopic (exact) mass is 328 g/mol. The van der Waals surface area contributed by atoms with Gasteiger partial charge in [0.15, 0.2) is 5.78 Å². The molecule has 0 atom stereocenters. The second-order valence-electron chi connectivity index (χ2n) is 4.84. The zero-order chi connectivity index (χ0) is 17.8. The van der Waals surface area contributed by atoms with Gasteiger partial charge in [-0.15, -0.1) is 0 Å². The van der Waals surface area contributed by atoms with Crippen LogP contribution in [0.15, 0.2) is 24.3 Å². The molecule has 0 saturated carbocycles. The van der Waals surface area contributed by atoms with E-state index in [1.54, 1.807) is 0 Å². The molecule has 3 rings (SSSR count). The van der Waals surface area contributed by atoms with Crippen molar-refractivity contribution in [2.24, 2.45) is 0 Å². The number of nitro benzene ring substituents is 2. The molecule has 1 aliphatic carbocycles. The third-order valence-corrected chi connectivity index (χ3v) is 3.59. The molecule has 0 fully saturated rings. The summed E-state index contributed by atoms with van der Waals surface area (Å²) in [5.41, 5.74) is -4.98. The average Bonchev–Trinajstić information content (AvgIpc) is 2.51. The van der Waals surface area contributed by atoms with Crippen LogP contribution in [0.5, 0.6) is 11.5 Å². The van der Waals surface area contributed by atoms with Gasteiger partial charge < -0.3 is 10.2 Å². The van der Waals surface area contributed by atoms with Gasteiger partial charge in [-0.05, 0) is 0 Å². The van der Waals surface area contributed by atoms with E-state index in [1.165, 1.54) is 0 Å². The minimum Gasteiger partial charge on any atom is -0.872 e.